The van der Waals surface area contributed by atoms with Crippen molar-refractivity contribution in [3.63, 3.8) is 0 Å². The third-order valence-electron chi connectivity index (χ3n) is 2.71. The molecule has 0 bridgehead atoms. The molecule has 1 heterocycles. The smallest absolute Gasteiger partial charge is 0.115 e. The van der Waals surface area contributed by atoms with E-state index in [2.05, 4.69) is 39.2 Å². The average Bonchev–Trinajstić information content (AvgIpc) is 2.44. The first-order valence-electron chi connectivity index (χ1n) is 6.49. The summed E-state index contributed by atoms with van der Waals surface area (Å²) in [5.41, 5.74) is 1.20. The highest BCUT2D eigenvalue weighted by Gasteiger charge is 2.11. The van der Waals surface area contributed by atoms with Crippen LogP contribution in [0.3, 0.4) is 0 Å². The van der Waals surface area contributed by atoms with Gasteiger partial charge < -0.3 is 5.32 Å². The highest BCUT2D eigenvalue weighted by atomic mass is 79.9. The van der Waals surface area contributed by atoms with E-state index < -0.39 is 0 Å². The molecule has 2 aromatic rings. The lowest BCUT2D eigenvalue weighted by molar-refractivity contribution is 0.669. The summed E-state index contributed by atoms with van der Waals surface area (Å²) in [6, 6.07) is 9.91. The number of hydrogen-bond donors (Lipinski definition) is 1. The molecule has 0 amide bonds. The molecule has 0 atom stereocenters. The van der Waals surface area contributed by atoms with Crippen LogP contribution in [0.25, 0.3) is 0 Å². The van der Waals surface area contributed by atoms with Crippen molar-refractivity contribution < 1.29 is 0 Å². The molecule has 2 rings (SSSR count). The van der Waals surface area contributed by atoms with Crippen molar-refractivity contribution in [3.05, 3.63) is 51.6 Å². The van der Waals surface area contributed by atoms with Crippen molar-refractivity contribution in [1.82, 2.24) is 10.3 Å². The lowest BCUT2D eigenvalue weighted by Gasteiger charge is -2.12. The lowest BCUT2D eigenvalue weighted by Crippen LogP contribution is -2.14. The predicted octanol–water partition coefficient (Wildman–Crippen LogP) is 5.15. The molecule has 0 fully saturated rings. The maximum atomic E-state index is 6.35. The molecule has 0 unspecified atom stereocenters. The number of nitrogens with zero attached hydrogens (tertiary/aromatic N) is 1. The monoisotopic (exact) mass is 370 g/mol. The van der Waals surface area contributed by atoms with Gasteiger partial charge in [0.15, 0.2) is 0 Å². The zero-order chi connectivity index (χ0) is 14.4. The molecule has 1 N–H and O–H groups in total. The Kier molecular flexibility index (Phi) is 6.36. The quantitative estimate of drug-likeness (QED) is 0.711. The van der Waals surface area contributed by atoms with Gasteiger partial charge in [-0.1, -0.05) is 42.4 Å². The van der Waals surface area contributed by atoms with Crippen LogP contribution in [-0.4, -0.2) is 11.5 Å². The molecule has 0 aliphatic rings. The Balaban J connectivity index is 2.23. The van der Waals surface area contributed by atoms with Crippen molar-refractivity contribution in [1.29, 1.82) is 0 Å². The van der Waals surface area contributed by atoms with E-state index in [0.29, 0.717) is 0 Å². The third-order valence-corrected chi connectivity index (χ3v) is 5.25. The molecule has 20 heavy (non-hydrogen) atoms. The summed E-state index contributed by atoms with van der Waals surface area (Å²) in [5, 5.41) is 5.11. The van der Waals surface area contributed by atoms with Gasteiger partial charge in [-0.2, -0.15) is 0 Å². The van der Waals surface area contributed by atoms with Crippen molar-refractivity contribution >= 4 is 39.3 Å². The molecular weight excluding hydrogens is 356 g/mol. The minimum absolute atomic E-state index is 0.767. The fourth-order valence-corrected chi connectivity index (χ4v) is 3.47. The predicted molar refractivity (Wildman–Crippen MR) is 89.5 cm³/mol. The van der Waals surface area contributed by atoms with Gasteiger partial charge in [-0.05, 0) is 52.7 Å². The number of benzene rings is 1. The molecule has 1 aromatic carbocycles. The van der Waals surface area contributed by atoms with Crippen LogP contribution >= 0.6 is 39.3 Å². The van der Waals surface area contributed by atoms with Crippen LogP contribution in [0, 0.1) is 0 Å². The Bertz CT molecular complexity index is 578. The number of rotatable bonds is 6. The van der Waals surface area contributed by atoms with Crippen molar-refractivity contribution in [2.45, 2.75) is 29.8 Å². The van der Waals surface area contributed by atoms with Crippen LogP contribution < -0.4 is 5.32 Å². The largest absolute Gasteiger partial charge is 0.313 e. The summed E-state index contributed by atoms with van der Waals surface area (Å²) in [4.78, 5) is 5.46. The Hall–Kier alpha value is -0.550. The average molecular weight is 372 g/mol. The van der Waals surface area contributed by atoms with Crippen LogP contribution in [0.2, 0.25) is 5.02 Å². The molecular formula is C15H16BrClN2S. The summed E-state index contributed by atoms with van der Waals surface area (Å²) >= 11 is 11.5. The van der Waals surface area contributed by atoms with Gasteiger partial charge in [0.05, 0.1) is 9.50 Å². The van der Waals surface area contributed by atoms with E-state index >= 15 is 0 Å². The van der Waals surface area contributed by atoms with Crippen LogP contribution in [0.5, 0.6) is 0 Å². The summed E-state index contributed by atoms with van der Waals surface area (Å²) in [5.74, 6) is 0. The van der Waals surface area contributed by atoms with E-state index in [9.17, 15) is 0 Å². The van der Waals surface area contributed by atoms with Crippen LogP contribution in [0.4, 0.5) is 0 Å². The first-order chi connectivity index (χ1) is 9.72. The molecule has 106 valence electrons. The first-order valence-corrected chi connectivity index (χ1v) is 8.47. The van der Waals surface area contributed by atoms with E-state index in [0.717, 1.165) is 38.9 Å². The molecule has 5 heteroatoms. The van der Waals surface area contributed by atoms with Crippen LogP contribution in [0.15, 0.2) is 50.9 Å². The highest BCUT2D eigenvalue weighted by Crippen LogP contribution is 2.37. The third kappa shape index (κ3) is 4.22. The molecule has 0 saturated heterocycles. The van der Waals surface area contributed by atoms with E-state index in [4.69, 9.17) is 11.6 Å². The van der Waals surface area contributed by atoms with Gasteiger partial charge in [0.1, 0.15) is 5.03 Å². The fourth-order valence-electron chi connectivity index (χ4n) is 1.75. The molecule has 0 aliphatic heterocycles. The number of hydrogen-bond acceptors (Lipinski definition) is 3. The Morgan fingerprint density at radius 1 is 1.30 bits per heavy atom. The first kappa shape index (κ1) is 15.8. The normalized spacial score (nSPS) is 10.8. The number of nitrogens with one attached hydrogen (secondary N) is 1. The summed E-state index contributed by atoms with van der Waals surface area (Å²) in [6.07, 6.45) is 2.91. The second kappa shape index (κ2) is 8.03. The SMILES string of the molecule is CCCNCc1cccc(Cl)c1Sc1ncccc1Br. The Labute approximate surface area is 137 Å². The van der Waals surface area contributed by atoms with Gasteiger partial charge in [0.25, 0.3) is 0 Å². The van der Waals surface area contributed by atoms with Gasteiger partial charge in [0.2, 0.25) is 0 Å². The lowest BCUT2D eigenvalue weighted by atomic mass is 10.2. The molecule has 0 radical (unpaired) electrons. The van der Waals surface area contributed by atoms with Crippen LogP contribution in [-0.2, 0) is 6.54 Å². The highest BCUT2D eigenvalue weighted by molar-refractivity contribution is 9.10. The molecule has 0 aliphatic carbocycles. The second-order valence-corrected chi connectivity index (χ2v) is 6.56. The fraction of sp³-hybridized carbons (Fsp3) is 0.267. The minimum Gasteiger partial charge on any atom is -0.313 e. The summed E-state index contributed by atoms with van der Waals surface area (Å²) in [6.45, 7) is 3.98. The Morgan fingerprint density at radius 2 is 2.15 bits per heavy atom. The molecule has 2 nitrogen and oxygen atoms in total. The van der Waals surface area contributed by atoms with Crippen molar-refractivity contribution in [3.8, 4) is 0 Å². The minimum atomic E-state index is 0.767. The Morgan fingerprint density at radius 3 is 2.90 bits per heavy atom. The second-order valence-electron chi connectivity index (χ2n) is 4.30. The van der Waals surface area contributed by atoms with Gasteiger partial charge >= 0.3 is 0 Å². The van der Waals surface area contributed by atoms with Crippen molar-refractivity contribution in [2.24, 2.45) is 0 Å². The molecule has 0 saturated carbocycles. The maximum Gasteiger partial charge on any atom is 0.115 e. The van der Waals surface area contributed by atoms with E-state index in [1.54, 1.807) is 18.0 Å². The summed E-state index contributed by atoms with van der Waals surface area (Å²) in [7, 11) is 0. The van der Waals surface area contributed by atoms with Crippen molar-refractivity contribution in [2.75, 3.05) is 6.54 Å². The van der Waals surface area contributed by atoms with E-state index in [1.807, 2.05) is 24.3 Å². The van der Waals surface area contributed by atoms with Gasteiger partial charge in [-0.15, -0.1) is 0 Å². The van der Waals surface area contributed by atoms with Crippen LogP contribution in [0.1, 0.15) is 18.9 Å². The zero-order valence-electron chi connectivity index (χ0n) is 11.2. The topological polar surface area (TPSA) is 24.9 Å². The molecule has 0 spiro atoms. The van der Waals surface area contributed by atoms with E-state index in [1.165, 1.54) is 5.56 Å². The number of halogens is 2. The van der Waals surface area contributed by atoms with Gasteiger partial charge in [-0.25, -0.2) is 4.98 Å². The van der Waals surface area contributed by atoms with Gasteiger partial charge in [-0.3, -0.25) is 0 Å². The zero-order valence-corrected chi connectivity index (χ0v) is 14.4. The van der Waals surface area contributed by atoms with Gasteiger partial charge in [0, 0.05) is 17.6 Å². The number of aromatic nitrogens is 1. The van der Waals surface area contributed by atoms with E-state index in [-0.39, 0.29) is 0 Å². The number of pyridine rings is 1. The maximum absolute atomic E-state index is 6.35. The molecule has 1 aromatic heterocycles. The summed E-state index contributed by atoms with van der Waals surface area (Å²) < 4.78 is 0.984. The standard InChI is InChI=1S/C15H16BrClN2S/c1-2-8-18-10-11-5-3-7-13(17)14(11)20-15-12(16)6-4-9-19-15/h3-7,9,18H,2,8,10H2,1H3.